The molecule has 0 saturated carbocycles. The van der Waals surface area contributed by atoms with E-state index in [2.05, 4.69) is 0 Å². The lowest BCUT2D eigenvalue weighted by atomic mass is 9.86. The highest BCUT2D eigenvalue weighted by Gasteiger charge is 2.35. The molecule has 0 amide bonds. The first-order chi connectivity index (χ1) is 11.1. The Kier molecular flexibility index (Phi) is 8.84. The molecule has 4 atom stereocenters. The van der Waals surface area contributed by atoms with Crippen LogP contribution in [0.4, 0.5) is 0 Å². The van der Waals surface area contributed by atoms with E-state index in [0.29, 0.717) is 6.61 Å². The number of benzene rings is 1. The average molecular weight is 324 g/mol. The predicted molar refractivity (Wildman–Crippen MR) is 87.9 cm³/mol. The van der Waals surface area contributed by atoms with Gasteiger partial charge in [0.15, 0.2) is 0 Å². The van der Waals surface area contributed by atoms with Crippen LogP contribution < -0.4 is 0 Å². The van der Waals surface area contributed by atoms with Gasteiger partial charge in [0.05, 0.1) is 24.7 Å². The molecule has 1 rings (SSSR count). The summed E-state index contributed by atoms with van der Waals surface area (Å²) in [4.78, 5) is 12.1. The van der Waals surface area contributed by atoms with Crippen molar-refractivity contribution in [1.82, 2.24) is 0 Å². The Hall–Kier alpha value is -1.43. The summed E-state index contributed by atoms with van der Waals surface area (Å²) in [6.45, 7) is 6.08. The maximum Gasteiger partial charge on any atom is 0.311 e. The highest BCUT2D eigenvalue weighted by molar-refractivity contribution is 5.72. The second-order valence-corrected chi connectivity index (χ2v) is 5.50. The maximum atomic E-state index is 12.1. The molecular formula is C18H28O5. The molecule has 5 heteroatoms. The molecule has 0 aliphatic heterocycles. The predicted octanol–water partition coefficient (Wildman–Crippen LogP) is 3.20. The summed E-state index contributed by atoms with van der Waals surface area (Å²) in [6.07, 6.45) is -0.561. The monoisotopic (exact) mass is 324 g/mol. The Labute approximate surface area is 138 Å². The third kappa shape index (κ3) is 5.61. The zero-order valence-electron chi connectivity index (χ0n) is 14.7. The summed E-state index contributed by atoms with van der Waals surface area (Å²) < 4.78 is 21.6. The van der Waals surface area contributed by atoms with Crippen molar-refractivity contribution in [1.29, 1.82) is 0 Å². The molecule has 0 spiro atoms. The third-order valence-corrected chi connectivity index (χ3v) is 3.91. The van der Waals surface area contributed by atoms with Crippen molar-refractivity contribution < 1.29 is 23.7 Å². The first-order valence-electron chi connectivity index (χ1n) is 7.91. The topological polar surface area (TPSA) is 54.0 Å². The van der Waals surface area contributed by atoms with Crippen molar-refractivity contribution in [3.8, 4) is 0 Å². The Morgan fingerprint density at radius 2 is 1.78 bits per heavy atom. The highest BCUT2D eigenvalue weighted by Crippen LogP contribution is 2.32. The molecule has 0 aliphatic carbocycles. The number of hydrogen-bond acceptors (Lipinski definition) is 5. The Morgan fingerprint density at radius 1 is 1.13 bits per heavy atom. The summed E-state index contributed by atoms with van der Waals surface area (Å²) >= 11 is 0. The van der Waals surface area contributed by atoms with Crippen molar-refractivity contribution in [3.05, 3.63) is 35.9 Å². The fourth-order valence-electron chi connectivity index (χ4n) is 2.78. The number of carbonyl (C=O) groups is 1. The number of esters is 1. The van der Waals surface area contributed by atoms with Gasteiger partial charge in [-0.3, -0.25) is 4.79 Å². The summed E-state index contributed by atoms with van der Waals surface area (Å²) in [5.74, 6) is -0.748. The van der Waals surface area contributed by atoms with Gasteiger partial charge >= 0.3 is 5.97 Å². The van der Waals surface area contributed by atoms with Crippen LogP contribution >= 0.6 is 0 Å². The van der Waals surface area contributed by atoms with Crippen LogP contribution in [0.3, 0.4) is 0 Å². The number of ether oxygens (including phenoxy) is 4. The molecule has 0 aliphatic rings. The van der Waals surface area contributed by atoms with E-state index in [-0.39, 0.29) is 30.9 Å². The molecular weight excluding hydrogens is 296 g/mol. The summed E-state index contributed by atoms with van der Waals surface area (Å²) in [7, 11) is 3.22. The van der Waals surface area contributed by atoms with Gasteiger partial charge in [0.1, 0.15) is 6.79 Å². The smallest absolute Gasteiger partial charge is 0.311 e. The van der Waals surface area contributed by atoms with Gasteiger partial charge in [-0.1, -0.05) is 37.3 Å². The molecule has 0 saturated heterocycles. The summed E-state index contributed by atoms with van der Waals surface area (Å²) in [5.41, 5.74) is 1.05. The zero-order valence-corrected chi connectivity index (χ0v) is 14.7. The molecule has 23 heavy (non-hydrogen) atoms. The SMILES string of the molecule is CCOC(=O)[C@H](C)[C@H](OCOC)[C@@H](C)[C@H](OC)c1ccccc1. The van der Waals surface area contributed by atoms with Crippen LogP contribution in [0.2, 0.25) is 0 Å². The molecule has 0 unspecified atom stereocenters. The van der Waals surface area contributed by atoms with Crippen LogP contribution in [0.15, 0.2) is 30.3 Å². The van der Waals surface area contributed by atoms with E-state index < -0.39 is 5.92 Å². The first-order valence-corrected chi connectivity index (χ1v) is 7.91. The van der Waals surface area contributed by atoms with Crippen LogP contribution in [0, 0.1) is 11.8 Å². The summed E-state index contributed by atoms with van der Waals surface area (Å²) in [6, 6.07) is 9.91. The van der Waals surface area contributed by atoms with Crippen molar-refractivity contribution in [2.24, 2.45) is 11.8 Å². The largest absolute Gasteiger partial charge is 0.466 e. The van der Waals surface area contributed by atoms with Gasteiger partial charge < -0.3 is 18.9 Å². The minimum Gasteiger partial charge on any atom is -0.466 e. The second kappa shape index (κ2) is 10.4. The van der Waals surface area contributed by atoms with E-state index >= 15 is 0 Å². The van der Waals surface area contributed by atoms with E-state index in [4.69, 9.17) is 18.9 Å². The Bertz CT molecular complexity index is 448. The van der Waals surface area contributed by atoms with Gasteiger partial charge in [-0.2, -0.15) is 0 Å². The minimum atomic E-state index is -0.415. The van der Waals surface area contributed by atoms with Gasteiger partial charge in [-0.25, -0.2) is 0 Å². The highest BCUT2D eigenvalue weighted by atomic mass is 16.7. The molecule has 0 radical (unpaired) electrons. The van der Waals surface area contributed by atoms with Crippen molar-refractivity contribution in [3.63, 3.8) is 0 Å². The lowest BCUT2D eigenvalue weighted by Gasteiger charge is -2.33. The molecule has 5 nitrogen and oxygen atoms in total. The number of methoxy groups -OCH3 is 2. The minimum absolute atomic E-state index is 0.0584. The van der Waals surface area contributed by atoms with E-state index in [1.165, 1.54) is 0 Å². The molecule has 0 bridgehead atoms. The second-order valence-electron chi connectivity index (χ2n) is 5.50. The van der Waals surface area contributed by atoms with Gasteiger partial charge in [0.2, 0.25) is 0 Å². The first kappa shape index (κ1) is 19.6. The van der Waals surface area contributed by atoms with E-state index in [0.717, 1.165) is 5.56 Å². The summed E-state index contributed by atoms with van der Waals surface area (Å²) in [5, 5.41) is 0. The Balaban J connectivity index is 2.96. The molecule has 1 aromatic rings. The molecule has 1 aromatic carbocycles. The van der Waals surface area contributed by atoms with Crippen LogP contribution in [0.1, 0.15) is 32.4 Å². The molecule has 130 valence electrons. The van der Waals surface area contributed by atoms with E-state index in [1.54, 1.807) is 21.1 Å². The molecule has 0 fully saturated rings. The quantitative estimate of drug-likeness (QED) is 0.489. The van der Waals surface area contributed by atoms with E-state index in [1.807, 2.05) is 44.2 Å². The standard InChI is InChI=1S/C18H28O5/c1-6-22-18(19)14(3)16(23-12-20-4)13(2)17(21-5)15-10-8-7-9-11-15/h7-11,13-14,16-17H,6,12H2,1-5H3/t13-,14-,16-,17+/m1/s1. The fourth-order valence-corrected chi connectivity index (χ4v) is 2.78. The van der Waals surface area contributed by atoms with Crippen LogP contribution in [0.5, 0.6) is 0 Å². The van der Waals surface area contributed by atoms with Crippen LogP contribution in [0.25, 0.3) is 0 Å². The van der Waals surface area contributed by atoms with Crippen LogP contribution in [-0.4, -0.2) is 39.7 Å². The number of hydrogen-bond donors (Lipinski definition) is 0. The lowest BCUT2D eigenvalue weighted by Crippen LogP contribution is -2.38. The van der Waals surface area contributed by atoms with Crippen molar-refractivity contribution in [2.75, 3.05) is 27.6 Å². The fraction of sp³-hybridized carbons (Fsp3) is 0.611. The van der Waals surface area contributed by atoms with E-state index in [9.17, 15) is 4.79 Å². The van der Waals surface area contributed by atoms with Crippen LogP contribution in [-0.2, 0) is 23.7 Å². The third-order valence-electron chi connectivity index (χ3n) is 3.91. The molecule has 0 aromatic heterocycles. The van der Waals surface area contributed by atoms with Gasteiger partial charge in [0, 0.05) is 20.1 Å². The zero-order chi connectivity index (χ0) is 17.2. The average Bonchev–Trinajstić information content (AvgIpc) is 2.57. The molecule has 0 heterocycles. The Morgan fingerprint density at radius 3 is 2.30 bits per heavy atom. The number of rotatable bonds is 10. The van der Waals surface area contributed by atoms with Gasteiger partial charge in [0.25, 0.3) is 0 Å². The van der Waals surface area contributed by atoms with Crippen molar-refractivity contribution >= 4 is 5.97 Å². The van der Waals surface area contributed by atoms with Crippen molar-refractivity contribution in [2.45, 2.75) is 33.0 Å². The van der Waals surface area contributed by atoms with Gasteiger partial charge in [-0.15, -0.1) is 0 Å². The number of carbonyl (C=O) groups excluding carboxylic acids is 1. The molecule has 0 N–H and O–H groups in total. The lowest BCUT2D eigenvalue weighted by molar-refractivity contribution is -0.166. The van der Waals surface area contributed by atoms with Gasteiger partial charge in [-0.05, 0) is 19.4 Å². The normalized spacial score (nSPS) is 16.4. The maximum absolute atomic E-state index is 12.1.